The highest BCUT2D eigenvalue weighted by Gasteiger charge is 2.33. The van der Waals surface area contributed by atoms with Crippen LogP contribution >= 0.6 is 15.9 Å². The lowest BCUT2D eigenvalue weighted by Gasteiger charge is -1.78. The van der Waals surface area contributed by atoms with Gasteiger partial charge in [-0.05, 0) is 12.3 Å². The number of alkyl halides is 1. The number of hydrogen-bond acceptors (Lipinski definition) is 1. The van der Waals surface area contributed by atoms with E-state index in [0.717, 1.165) is 6.42 Å². The predicted octanol–water partition coefficient (Wildman–Crippen LogP) is 0.762. The van der Waals surface area contributed by atoms with Crippen LogP contribution in [0.5, 0.6) is 0 Å². The van der Waals surface area contributed by atoms with Gasteiger partial charge >= 0.3 is 0 Å². The molecule has 1 aliphatic rings. The van der Waals surface area contributed by atoms with E-state index in [1.807, 2.05) is 0 Å². The fourth-order valence-electron chi connectivity index (χ4n) is 0.400. The molecule has 1 fully saturated rings. The Balaban J connectivity index is 2.09. The maximum Gasteiger partial charge on any atom is 0.0470 e. The normalized spacial score (nSPS) is 43.0. The minimum absolute atomic E-state index is 0.357. The Kier molecular flexibility index (Phi) is 1.15. The summed E-state index contributed by atoms with van der Waals surface area (Å²) in [4.78, 5) is 0.627. The minimum atomic E-state index is 0.357. The van der Waals surface area contributed by atoms with Gasteiger partial charge in [0.15, 0.2) is 0 Å². The third kappa shape index (κ3) is 0.738. The van der Waals surface area contributed by atoms with Crippen molar-refractivity contribution in [1.82, 2.24) is 0 Å². The van der Waals surface area contributed by atoms with Crippen LogP contribution in [-0.4, -0.2) is 16.5 Å². The van der Waals surface area contributed by atoms with Gasteiger partial charge in [0, 0.05) is 11.4 Å². The Morgan fingerprint density at radius 3 is 2.33 bits per heavy atom. The van der Waals surface area contributed by atoms with Gasteiger partial charge in [0.2, 0.25) is 0 Å². The van der Waals surface area contributed by atoms with Crippen molar-refractivity contribution in [1.29, 1.82) is 0 Å². The molecule has 1 N–H and O–H groups in total. The first-order valence-corrected chi connectivity index (χ1v) is 3.01. The van der Waals surface area contributed by atoms with Crippen molar-refractivity contribution in [3.8, 4) is 0 Å². The molecule has 0 saturated heterocycles. The average Bonchev–Trinajstić information content (AvgIpc) is 2.19. The third-order valence-corrected chi connectivity index (χ3v) is 2.19. The first-order chi connectivity index (χ1) is 2.84. The molecule has 1 nitrogen and oxygen atoms in total. The van der Waals surface area contributed by atoms with E-state index in [1.54, 1.807) is 0 Å². The molecule has 0 aromatic rings. The molecule has 0 bridgehead atoms. The highest BCUT2D eigenvalue weighted by atomic mass is 79.9. The van der Waals surface area contributed by atoms with E-state index in [2.05, 4.69) is 15.9 Å². The molecule has 0 aromatic carbocycles. The molecule has 0 aliphatic heterocycles. The number of hydrogen-bond donors (Lipinski definition) is 1. The molecule has 2 atom stereocenters. The lowest BCUT2D eigenvalue weighted by molar-refractivity contribution is 0.277. The Morgan fingerprint density at radius 1 is 1.83 bits per heavy atom. The van der Waals surface area contributed by atoms with Crippen LogP contribution in [0.15, 0.2) is 0 Å². The Bertz CT molecular complexity index is 53.5. The lowest BCUT2D eigenvalue weighted by Crippen LogP contribution is -1.84. The van der Waals surface area contributed by atoms with E-state index >= 15 is 0 Å². The molecule has 0 amide bonds. The van der Waals surface area contributed by atoms with E-state index in [1.165, 1.54) is 0 Å². The third-order valence-electron chi connectivity index (χ3n) is 1.07. The zero-order chi connectivity index (χ0) is 4.57. The van der Waals surface area contributed by atoms with Gasteiger partial charge in [-0.2, -0.15) is 0 Å². The molecule has 1 aliphatic carbocycles. The summed E-state index contributed by atoms with van der Waals surface area (Å²) in [5.41, 5.74) is 0. The molecule has 36 valence electrons. The summed E-state index contributed by atoms with van der Waals surface area (Å²) in [5.74, 6) is 0.574. The van der Waals surface area contributed by atoms with Gasteiger partial charge in [0.1, 0.15) is 0 Å². The average molecular weight is 151 g/mol. The molecule has 0 radical (unpaired) electrons. The molecular formula is C4H7BrO. The standard InChI is InChI=1S/C4H7BrO/c5-4-1-3(4)2-6/h3-4,6H,1-2H2/t3-,4-/m1/s1. The number of rotatable bonds is 1. The van der Waals surface area contributed by atoms with Crippen LogP contribution in [0.1, 0.15) is 6.42 Å². The summed E-state index contributed by atoms with van der Waals surface area (Å²) in [6.07, 6.45) is 1.16. The zero-order valence-corrected chi connectivity index (χ0v) is 4.98. The summed E-state index contributed by atoms with van der Waals surface area (Å²) >= 11 is 3.35. The van der Waals surface area contributed by atoms with Gasteiger partial charge in [-0.25, -0.2) is 0 Å². The molecule has 1 saturated carbocycles. The number of halogens is 1. The van der Waals surface area contributed by atoms with Gasteiger partial charge in [-0.15, -0.1) is 0 Å². The number of aliphatic hydroxyl groups excluding tert-OH is 1. The Hall–Kier alpha value is 0.440. The summed E-state index contributed by atoms with van der Waals surface area (Å²) in [5, 5.41) is 8.35. The zero-order valence-electron chi connectivity index (χ0n) is 3.39. The summed E-state index contributed by atoms with van der Waals surface area (Å²) in [7, 11) is 0. The highest BCUT2D eigenvalue weighted by molar-refractivity contribution is 9.09. The maximum atomic E-state index is 8.35. The fraction of sp³-hybridized carbons (Fsp3) is 1.00. The Labute approximate surface area is 45.5 Å². The molecule has 2 heteroatoms. The smallest absolute Gasteiger partial charge is 0.0470 e. The van der Waals surface area contributed by atoms with Crippen LogP contribution in [0.3, 0.4) is 0 Å². The quantitative estimate of drug-likeness (QED) is 0.548. The minimum Gasteiger partial charge on any atom is -0.396 e. The highest BCUT2D eigenvalue weighted by Crippen LogP contribution is 2.36. The molecular weight excluding hydrogens is 144 g/mol. The van der Waals surface area contributed by atoms with E-state index in [4.69, 9.17) is 5.11 Å². The van der Waals surface area contributed by atoms with E-state index in [-0.39, 0.29) is 0 Å². The van der Waals surface area contributed by atoms with Crippen molar-refractivity contribution in [2.45, 2.75) is 11.2 Å². The van der Waals surface area contributed by atoms with Crippen LogP contribution in [0.25, 0.3) is 0 Å². The largest absolute Gasteiger partial charge is 0.396 e. The van der Waals surface area contributed by atoms with Crippen LogP contribution in [0, 0.1) is 5.92 Å². The van der Waals surface area contributed by atoms with Crippen molar-refractivity contribution < 1.29 is 5.11 Å². The molecule has 0 aromatic heterocycles. The first kappa shape index (κ1) is 4.60. The second-order valence-electron chi connectivity index (χ2n) is 1.69. The number of aliphatic hydroxyl groups is 1. The lowest BCUT2D eigenvalue weighted by atomic mass is 10.5. The molecule has 0 spiro atoms. The van der Waals surface area contributed by atoms with Crippen molar-refractivity contribution in [2.75, 3.05) is 6.61 Å². The summed E-state index contributed by atoms with van der Waals surface area (Å²) in [6, 6.07) is 0. The fourth-order valence-corrected chi connectivity index (χ4v) is 1.05. The van der Waals surface area contributed by atoms with Gasteiger partial charge in [-0.3, -0.25) is 0 Å². The van der Waals surface area contributed by atoms with E-state index in [0.29, 0.717) is 17.4 Å². The van der Waals surface area contributed by atoms with Gasteiger partial charge in [0.05, 0.1) is 0 Å². The topological polar surface area (TPSA) is 20.2 Å². The van der Waals surface area contributed by atoms with Gasteiger partial charge in [0.25, 0.3) is 0 Å². The van der Waals surface area contributed by atoms with Crippen LogP contribution in [0.2, 0.25) is 0 Å². The van der Waals surface area contributed by atoms with Crippen LogP contribution < -0.4 is 0 Å². The predicted molar refractivity (Wildman–Crippen MR) is 27.9 cm³/mol. The van der Waals surface area contributed by atoms with Crippen molar-refractivity contribution in [2.24, 2.45) is 5.92 Å². The van der Waals surface area contributed by atoms with Crippen molar-refractivity contribution in [3.05, 3.63) is 0 Å². The summed E-state index contributed by atoms with van der Waals surface area (Å²) in [6.45, 7) is 0.357. The Morgan fingerprint density at radius 2 is 2.33 bits per heavy atom. The van der Waals surface area contributed by atoms with Gasteiger partial charge < -0.3 is 5.11 Å². The van der Waals surface area contributed by atoms with Crippen LogP contribution in [-0.2, 0) is 0 Å². The van der Waals surface area contributed by atoms with Crippen molar-refractivity contribution in [3.63, 3.8) is 0 Å². The van der Waals surface area contributed by atoms with Crippen LogP contribution in [0.4, 0.5) is 0 Å². The van der Waals surface area contributed by atoms with E-state index in [9.17, 15) is 0 Å². The molecule has 6 heavy (non-hydrogen) atoms. The second kappa shape index (κ2) is 1.51. The summed E-state index contributed by atoms with van der Waals surface area (Å²) < 4.78 is 0. The van der Waals surface area contributed by atoms with Gasteiger partial charge in [-0.1, -0.05) is 15.9 Å². The maximum absolute atomic E-state index is 8.35. The van der Waals surface area contributed by atoms with Crippen molar-refractivity contribution >= 4 is 15.9 Å². The molecule has 0 unspecified atom stereocenters. The second-order valence-corrected chi connectivity index (χ2v) is 2.87. The molecule has 1 rings (SSSR count). The van der Waals surface area contributed by atoms with E-state index < -0.39 is 0 Å². The SMILES string of the molecule is OC[C@H]1C[C@H]1Br. The molecule has 0 heterocycles. The monoisotopic (exact) mass is 150 g/mol. The first-order valence-electron chi connectivity index (χ1n) is 2.09.